The third kappa shape index (κ3) is 6.76. The van der Waals surface area contributed by atoms with Crippen molar-refractivity contribution in [2.75, 3.05) is 14.2 Å². The molecule has 1 aliphatic heterocycles. The van der Waals surface area contributed by atoms with Crippen LogP contribution < -0.4 is 10.1 Å². The molecule has 1 aromatic rings. The largest absolute Gasteiger partial charge is 0.497 e. The molecule has 3 atom stereocenters. The van der Waals surface area contributed by atoms with Gasteiger partial charge in [0.1, 0.15) is 23.7 Å². The summed E-state index contributed by atoms with van der Waals surface area (Å²) in [4.78, 5) is 30.0. The molecule has 174 valence electrons. The number of amides is 1. The van der Waals surface area contributed by atoms with Crippen molar-refractivity contribution >= 4 is 18.1 Å². The molecule has 0 saturated heterocycles. The molecule has 2 aliphatic rings. The van der Waals surface area contributed by atoms with Crippen molar-refractivity contribution in [3.8, 4) is 5.75 Å². The van der Waals surface area contributed by atoms with Gasteiger partial charge < -0.3 is 19.5 Å². The minimum Gasteiger partial charge on any atom is -0.497 e. The van der Waals surface area contributed by atoms with Crippen LogP contribution >= 0.6 is 0 Å². The van der Waals surface area contributed by atoms with E-state index in [1.54, 1.807) is 32.7 Å². The van der Waals surface area contributed by atoms with Gasteiger partial charge in [-0.1, -0.05) is 35.9 Å². The van der Waals surface area contributed by atoms with Crippen LogP contribution in [0.5, 0.6) is 5.75 Å². The van der Waals surface area contributed by atoms with E-state index in [0.29, 0.717) is 24.4 Å². The fourth-order valence-corrected chi connectivity index (χ4v) is 3.66. The lowest BCUT2D eigenvalue weighted by molar-refractivity contribution is -0.146. The van der Waals surface area contributed by atoms with Crippen molar-refractivity contribution in [2.24, 2.45) is 10.9 Å². The van der Waals surface area contributed by atoms with E-state index in [4.69, 9.17) is 14.2 Å². The first kappa shape index (κ1) is 24.2. The number of benzene rings is 1. The number of nitrogens with one attached hydrogen (secondary N) is 1. The Labute approximate surface area is 194 Å². The Morgan fingerprint density at radius 2 is 2.03 bits per heavy atom. The summed E-state index contributed by atoms with van der Waals surface area (Å²) in [6.07, 6.45) is 12.3. The van der Waals surface area contributed by atoms with Gasteiger partial charge in [0.25, 0.3) is 0 Å². The predicted molar refractivity (Wildman–Crippen MR) is 127 cm³/mol. The summed E-state index contributed by atoms with van der Waals surface area (Å²) < 4.78 is 16.5. The molecule has 1 heterocycles. The first-order valence-corrected chi connectivity index (χ1v) is 10.9. The molecule has 0 spiro atoms. The van der Waals surface area contributed by atoms with Crippen LogP contribution in [0.15, 0.2) is 77.7 Å². The number of allylic oxidation sites excluding steroid dienone is 4. The molecular formula is C26H30N2O5. The van der Waals surface area contributed by atoms with Gasteiger partial charge >= 0.3 is 5.97 Å². The van der Waals surface area contributed by atoms with E-state index in [0.717, 1.165) is 17.6 Å². The third-order valence-corrected chi connectivity index (χ3v) is 5.54. The summed E-state index contributed by atoms with van der Waals surface area (Å²) in [6, 6.07) is 6.47. The first-order chi connectivity index (χ1) is 16.0. The lowest BCUT2D eigenvalue weighted by Gasteiger charge is -2.25. The number of esters is 1. The van der Waals surface area contributed by atoms with Gasteiger partial charge in [0.2, 0.25) is 5.91 Å². The number of aliphatic imine (C=N–C) groups is 1. The minimum absolute atomic E-state index is 0.271. The van der Waals surface area contributed by atoms with E-state index in [1.165, 1.54) is 0 Å². The smallest absolute Gasteiger partial charge is 0.334 e. The second-order valence-corrected chi connectivity index (χ2v) is 7.87. The molecule has 0 fully saturated rings. The third-order valence-electron chi connectivity index (χ3n) is 5.54. The number of hydrogen-bond donors (Lipinski definition) is 1. The average molecular weight is 451 g/mol. The van der Waals surface area contributed by atoms with Crippen molar-refractivity contribution < 1.29 is 23.8 Å². The van der Waals surface area contributed by atoms with Crippen LogP contribution in [0.1, 0.15) is 24.8 Å². The summed E-state index contributed by atoms with van der Waals surface area (Å²) in [5.41, 5.74) is 2.01. The van der Waals surface area contributed by atoms with Gasteiger partial charge in [-0.2, -0.15) is 0 Å². The molecule has 33 heavy (non-hydrogen) atoms. The van der Waals surface area contributed by atoms with E-state index in [1.807, 2.05) is 42.5 Å². The van der Waals surface area contributed by atoms with Gasteiger partial charge in [-0.05, 0) is 36.6 Å². The Balaban J connectivity index is 1.76. The maximum atomic E-state index is 13.2. The SMILES string of the molecule is C=CCC1=CC=C(OC(=O)C(Cc2ccc(OC)cc2)NC(=O)C2C=NC=CC2)C(OC)C1. The zero-order chi connectivity index (χ0) is 23.6. The molecule has 1 aliphatic carbocycles. The highest BCUT2D eigenvalue weighted by molar-refractivity contribution is 5.96. The van der Waals surface area contributed by atoms with Crippen molar-refractivity contribution in [1.29, 1.82) is 0 Å². The number of nitrogens with zero attached hydrogens (tertiary/aromatic N) is 1. The fourth-order valence-electron chi connectivity index (χ4n) is 3.66. The number of carbonyl (C=O) groups excluding carboxylic acids is 2. The molecule has 0 bridgehead atoms. The molecule has 0 radical (unpaired) electrons. The van der Waals surface area contributed by atoms with Gasteiger partial charge in [-0.15, -0.1) is 6.58 Å². The van der Waals surface area contributed by atoms with E-state index in [9.17, 15) is 9.59 Å². The molecule has 1 N–H and O–H groups in total. The average Bonchev–Trinajstić information content (AvgIpc) is 2.85. The highest BCUT2D eigenvalue weighted by Crippen LogP contribution is 2.25. The Kier molecular flexibility index (Phi) is 8.78. The highest BCUT2D eigenvalue weighted by Gasteiger charge is 2.30. The summed E-state index contributed by atoms with van der Waals surface area (Å²) in [5, 5.41) is 2.85. The first-order valence-electron chi connectivity index (χ1n) is 10.9. The van der Waals surface area contributed by atoms with Crippen LogP contribution in [0.25, 0.3) is 0 Å². The molecule has 1 aromatic carbocycles. The van der Waals surface area contributed by atoms with Gasteiger partial charge in [-0.25, -0.2) is 4.79 Å². The van der Waals surface area contributed by atoms with Gasteiger partial charge in [0.15, 0.2) is 0 Å². The second-order valence-electron chi connectivity index (χ2n) is 7.87. The normalized spacial score (nSPS) is 20.3. The van der Waals surface area contributed by atoms with Crippen molar-refractivity contribution in [3.05, 3.63) is 78.2 Å². The van der Waals surface area contributed by atoms with E-state index in [-0.39, 0.29) is 18.4 Å². The maximum absolute atomic E-state index is 13.2. The molecular weight excluding hydrogens is 420 g/mol. The maximum Gasteiger partial charge on any atom is 0.334 e. The Bertz CT molecular complexity index is 975. The number of rotatable bonds is 10. The van der Waals surface area contributed by atoms with Crippen molar-refractivity contribution in [2.45, 2.75) is 37.8 Å². The zero-order valence-electron chi connectivity index (χ0n) is 19.0. The molecule has 3 rings (SSSR count). The number of ether oxygens (including phenoxy) is 3. The van der Waals surface area contributed by atoms with Crippen LogP contribution in [0.2, 0.25) is 0 Å². The van der Waals surface area contributed by atoms with Crippen molar-refractivity contribution in [1.82, 2.24) is 5.32 Å². The molecule has 1 amide bonds. The van der Waals surface area contributed by atoms with E-state index >= 15 is 0 Å². The fraction of sp³-hybridized carbons (Fsp3) is 0.346. The summed E-state index contributed by atoms with van der Waals surface area (Å²) in [6.45, 7) is 3.76. The monoisotopic (exact) mass is 450 g/mol. The molecule has 0 saturated carbocycles. The lowest BCUT2D eigenvalue weighted by atomic mass is 9.98. The zero-order valence-corrected chi connectivity index (χ0v) is 19.0. The van der Waals surface area contributed by atoms with E-state index in [2.05, 4.69) is 16.9 Å². The van der Waals surface area contributed by atoms with Gasteiger partial charge in [0, 0.05) is 32.4 Å². The van der Waals surface area contributed by atoms with Crippen LogP contribution in [0.4, 0.5) is 0 Å². The lowest BCUT2D eigenvalue weighted by Crippen LogP contribution is -2.46. The quantitative estimate of drug-likeness (QED) is 0.434. The van der Waals surface area contributed by atoms with Gasteiger partial charge in [0.05, 0.1) is 13.0 Å². The Hall–Kier alpha value is -3.45. The van der Waals surface area contributed by atoms with Crippen LogP contribution in [0.3, 0.4) is 0 Å². The molecule has 7 heteroatoms. The molecule has 0 aromatic heterocycles. The number of methoxy groups -OCH3 is 2. The standard InChI is InChI=1S/C26H30N2O5/c1-4-6-18-10-13-23(24(16-18)32-3)33-26(30)22(15-19-8-11-21(31-2)12-9-19)28-25(29)20-7-5-14-27-17-20/h4-5,8-14,17,20,22,24H,1,6-7,15-16H2,2-3H3,(H,28,29). The van der Waals surface area contributed by atoms with Crippen LogP contribution in [-0.4, -0.2) is 44.5 Å². The second kappa shape index (κ2) is 12.0. The van der Waals surface area contributed by atoms with Crippen LogP contribution in [-0.2, 0) is 25.5 Å². The predicted octanol–water partition coefficient (Wildman–Crippen LogP) is 3.68. The van der Waals surface area contributed by atoms with E-state index < -0.39 is 17.9 Å². The van der Waals surface area contributed by atoms with Crippen molar-refractivity contribution in [3.63, 3.8) is 0 Å². The minimum atomic E-state index is -0.873. The summed E-state index contributed by atoms with van der Waals surface area (Å²) >= 11 is 0. The number of hydrogen-bond acceptors (Lipinski definition) is 6. The molecule has 3 unspecified atom stereocenters. The number of carbonyl (C=O) groups is 2. The topological polar surface area (TPSA) is 86.2 Å². The van der Waals surface area contributed by atoms with Gasteiger partial charge in [-0.3, -0.25) is 9.79 Å². The summed E-state index contributed by atoms with van der Waals surface area (Å²) in [7, 11) is 3.17. The van der Waals surface area contributed by atoms with Crippen LogP contribution in [0, 0.1) is 5.92 Å². The Morgan fingerprint density at radius 1 is 1.24 bits per heavy atom. The molecule has 7 nitrogen and oxygen atoms in total. The summed E-state index contributed by atoms with van der Waals surface area (Å²) in [5.74, 6) is -0.105. The highest BCUT2D eigenvalue weighted by atomic mass is 16.6. The Morgan fingerprint density at radius 3 is 2.67 bits per heavy atom.